The maximum Gasteiger partial charge on any atom is 0.237 e. The van der Waals surface area contributed by atoms with E-state index >= 15 is 0 Å². The van der Waals surface area contributed by atoms with Gasteiger partial charge in [-0.2, -0.15) is 0 Å². The van der Waals surface area contributed by atoms with Gasteiger partial charge in [0.2, 0.25) is 5.91 Å². The van der Waals surface area contributed by atoms with Crippen molar-refractivity contribution in [1.82, 2.24) is 5.32 Å². The first kappa shape index (κ1) is 17.1. The molecule has 0 aromatic heterocycles. The van der Waals surface area contributed by atoms with E-state index in [0.29, 0.717) is 13.0 Å². The zero-order valence-corrected chi connectivity index (χ0v) is 10.5. The number of nitrogens with one attached hydrogen (secondary N) is 1. The molecule has 0 aromatic rings. The molecule has 0 saturated carbocycles. The van der Waals surface area contributed by atoms with Gasteiger partial charge in [-0.25, -0.2) is 0 Å². The van der Waals surface area contributed by atoms with Gasteiger partial charge in [0.25, 0.3) is 0 Å². The molecule has 0 aliphatic heterocycles. The number of hydrogen-bond donors (Lipinski definition) is 3. The summed E-state index contributed by atoms with van der Waals surface area (Å²) in [5.41, 5.74) is 5.63. The summed E-state index contributed by atoms with van der Waals surface area (Å²) in [6.07, 6.45) is 1.16. The zero-order chi connectivity index (χ0) is 11.1. The number of nitrogens with two attached hydrogens (primary N) is 1. The molecule has 1 unspecified atom stereocenters. The predicted molar refractivity (Wildman–Crippen MR) is 64.0 cm³/mol. The van der Waals surface area contributed by atoms with Gasteiger partial charge < -0.3 is 16.2 Å². The van der Waals surface area contributed by atoms with Crippen LogP contribution in [0.1, 0.15) is 33.6 Å². The lowest BCUT2D eigenvalue weighted by atomic mass is 10.0. The first-order chi connectivity index (χ1) is 6.49. The first-order valence-corrected chi connectivity index (χ1v) is 5.20. The summed E-state index contributed by atoms with van der Waals surface area (Å²) < 4.78 is 0. The monoisotopic (exact) mass is 238 g/mol. The average Bonchev–Trinajstić information content (AvgIpc) is 2.13. The molecule has 0 spiro atoms. The molecule has 0 aliphatic carbocycles. The summed E-state index contributed by atoms with van der Waals surface area (Å²) in [7, 11) is 0. The molecule has 0 heterocycles. The van der Waals surface area contributed by atoms with E-state index in [0.717, 1.165) is 6.42 Å². The number of halogens is 1. The fourth-order valence-electron chi connectivity index (χ4n) is 1.07. The fourth-order valence-corrected chi connectivity index (χ4v) is 1.07. The van der Waals surface area contributed by atoms with Gasteiger partial charge in [0, 0.05) is 6.54 Å². The molecule has 4 nitrogen and oxygen atoms in total. The maximum atomic E-state index is 11.3. The second kappa shape index (κ2) is 8.95. The number of carbonyl (C=O) groups is 1. The van der Waals surface area contributed by atoms with Gasteiger partial charge in [-0.05, 0) is 12.3 Å². The molecule has 1 amide bonds. The molecule has 0 bridgehead atoms. The van der Waals surface area contributed by atoms with E-state index in [2.05, 4.69) is 5.32 Å². The minimum absolute atomic E-state index is 0. The van der Waals surface area contributed by atoms with Crippen LogP contribution in [0.5, 0.6) is 0 Å². The number of aliphatic hydroxyl groups excluding tert-OH is 1. The molecule has 5 heteroatoms. The van der Waals surface area contributed by atoms with Crippen LogP contribution in [0.3, 0.4) is 0 Å². The highest BCUT2D eigenvalue weighted by molar-refractivity contribution is 5.85. The first-order valence-electron chi connectivity index (χ1n) is 5.20. The van der Waals surface area contributed by atoms with E-state index in [1.165, 1.54) is 0 Å². The minimum atomic E-state index is -0.483. The Morgan fingerprint density at radius 2 is 2.00 bits per heavy atom. The Balaban J connectivity index is 0. The molecule has 0 fully saturated rings. The highest BCUT2D eigenvalue weighted by atomic mass is 35.5. The van der Waals surface area contributed by atoms with Crippen LogP contribution < -0.4 is 11.1 Å². The van der Waals surface area contributed by atoms with E-state index in [1.807, 2.05) is 20.8 Å². The van der Waals surface area contributed by atoms with Crippen molar-refractivity contribution in [1.29, 1.82) is 0 Å². The minimum Gasteiger partial charge on any atom is -0.391 e. The number of aliphatic hydroxyl groups is 1. The van der Waals surface area contributed by atoms with E-state index < -0.39 is 12.1 Å². The molecular formula is C10H23ClN2O2. The number of hydrogen-bond acceptors (Lipinski definition) is 3. The molecule has 4 N–H and O–H groups in total. The Morgan fingerprint density at radius 1 is 1.47 bits per heavy atom. The zero-order valence-electron chi connectivity index (χ0n) is 9.69. The van der Waals surface area contributed by atoms with E-state index in [4.69, 9.17) is 5.73 Å². The van der Waals surface area contributed by atoms with Crippen LogP contribution in [-0.2, 0) is 4.79 Å². The Morgan fingerprint density at radius 3 is 2.40 bits per heavy atom. The summed E-state index contributed by atoms with van der Waals surface area (Å²) in [5, 5.41) is 12.0. The van der Waals surface area contributed by atoms with E-state index in [-0.39, 0.29) is 24.2 Å². The second-order valence-electron chi connectivity index (χ2n) is 3.96. The van der Waals surface area contributed by atoms with Gasteiger partial charge in [0.15, 0.2) is 0 Å². The molecule has 92 valence electrons. The third-order valence-corrected chi connectivity index (χ3v) is 2.15. The van der Waals surface area contributed by atoms with Gasteiger partial charge in [-0.3, -0.25) is 4.79 Å². The number of carbonyl (C=O) groups excluding carboxylic acids is 1. The van der Waals surface area contributed by atoms with Gasteiger partial charge in [-0.15, -0.1) is 12.4 Å². The van der Waals surface area contributed by atoms with Crippen LogP contribution in [0.4, 0.5) is 0 Å². The van der Waals surface area contributed by atoms with Gasteiger partial charge in [0.05, 0.1) is 12.1 Å². The topological polar surface area (TPSA) is 75.3 Å². The van der Waals surface area contributed by atoms with Crippen LogP contribution in [-0.4, -0.2) is 29.7 Å². The van der Waals surface area contributed by atoms with E-state index in [9.17, 15) is 9.90 Å². The van der Waals surface area contributed by atoms with Crippen molar-refractivity contribution >= 4 is 18.3 Å². The highest BCUT2D eigenvalue weighted by Gasteiger charge is 2.17. The van der Waals surface area contributed by atoms with Crippen molar-refractivity contribution in [2.75, 3.05) is 6.54 Å². The quantitative estimate of drug-likeness (QED) is 0.637. The largest absolute Gasteiger partial charge is 0.391 e. The molecule has 0 saturated heterocycles. The third-order valence-electron chi connectivity index (χ3n) is 2.15. The summed E-state index contributed by atoms with van der Waals surface area (Å²) in [6.45, 7) is 6.08. The Labute approximate surface area is 98.0 Å². The molecule has 2 atom stereocenters. The number of amides is 1. The normalized spacial score (nSPS) is 14.3. The molecule has 0 radical (unpaired) electrons. The van der Waals surface area contributed by atoms with Gasteiger partial charge >= 0.3 is 0 Å². The molecular weight excluding hydrogens is 216 g/mol. The van der Waals surface area contributed by atoms with Gasteiger partial charge in [0.1, 0.15) is 0 Å². The molecule has 15 heavy (non-hydrogen) atoms. The van der Waals surface area contributed by atoms with Crippen molar-refractivity contribution in [3.8, 4) is 0 Å². The molecule has 0 aliphatic rings. The van der Waals surface area contributed by atoms with E-state index in [1.54, 1.807) is 0 Å². The van der Waals surface area contributed by atoms with Crippen molar-refractivity contribution in [2.45, 2.75) is 45.8 Å². The fraction of sp³-hybridized carbons (Fsp3) is 0.900. The molecule has 0 rings (SSSR count). The SMILES string of the molecule is CCCC(O)CNC(=O)[C@@H](N)C(C)C.Cl. The lowest BCUT2D eigenvalue weighted by Gasteiger charge is -2.17. The lowest BCUT2D eigenvalue weighted by Crippen LogP contribution is -2.46. The van der Waals surface area contributed by atoms with Crippen LogP contribution in [0.25, 0.3) is 0 Å². The molecule has 0 aromatic carbocycles. The summed E-state index contributed by atoms with van der Waals surface area (Å²) >= 11 is 0. The summed E-state index contributed by atoms with van der Waals surface area (Å²) in [6, 6.07) is -0.483. The van der Waals surface area contributed by atoms with Gasteiger partial charge in [-0.1, -0.05) is 27.2 Å². The van der Waals surface area contributed by atoms with Crippen LogP contribution in [0.15, 0.2) is 0 Å². The Bertz CT molecular complexity index is 177. The Hall–Kier alpha value is -0.320. The second-order valence-corrected chi connectivity index (χ2v) is 3.96. The number of rotatable bonds is 6. The average molecular weight is 239 g/mol. The Kier molecular flexibility index (Phi) is 10.2. The summed E-state index contributed by atoms with van der Waals surface area (Å²) in [4.78, 5) is 11.3. The van der Waals surface area contributed by atoms with Crippen molar-refractivity contribution in [2.24, 2.45) is 11.7 Å². The third kappa shape index (κ3) is 7.59. The van der Waals surface area contributed by atoms with Crippen molar-refractivity contribution < 1.29 is 9.90 Å². The van der Waals surface area contributed by atoms with Crippen molar-refractivity contribution in [3.05, 3.63) is 0 Å². The van der Waals surface area contributed by atoms with Crippen LogP contribution in [0.2, 0.25) is 0 Å². The lowest BCUT2D eigenvalue weighted by molar-refractivity contribution is -0.123. The van der Waals surface area contributed by atoms with Crippen LogP contribution in [0, 0.1) is 5.92 Å². The highest BCUT2D eigenvalue weighted by Crippen LogP contribution is 1.98. The maximum absolute atomic E-state index is 11.3. The smallest absolute Gasteiger partial charge is 0.237 e. The predicted octanol–water partition coefficient (Wildman–Crippen LogP) is 0.669. The standard InChI is InChI=1S/C10H22N2O2.ClH/c1-4-5-8(13)6-12-10(14)9(11)7(2)3;/h7-9,13H,4-6,11H2,1-3H3,(H,12,14);1H/t8?,9-;/m0./s1. The van der Waals surface area contributed by atoms with Crippen molar-refractivity contribution in [3.63, 3.8) is 0 Å². The summed E-state index contributed by atoms with van der Waals surface area (Å²) in [5.74, 6) is -0.0616. The van der Waals surface area contributed by atoms with Crippen LogP contribution >= 0.6 is 12.4 Å².